The molecule has 1 aromatic carbocycles. The van der Waals surface area contributed by atoms with E-state index in [9.17, 15) is 0 Å². The lowest BCUT2D eigenvalue weighted by Gasteiger charge is -2.13. The van der Waals surface area contributed by atoms with Gasteiger partial charge in [0.25, 0.3) is 0 Å². The Balaban J connectivity index is 2.26. The summed E-state index contributed by atoms with van der Waals surface area (Å²) in [7, 11) is 8.34. The number of hydrogen-bond acceptors (Lipinski definition) is 3. The number of hydrogen-bond donors (Lipinski definition) is 0. The third-order valence-electron chi connectivity index (χ3n) is 3.43. The lowest BCUT2D eigenvalue weighted by molar-refractivity contribution is 0.387. The van der Waals surface area contributed by atoms with Gasteiger partial charge in [-0.2, -0.15) is 0 Å². The Labute approximate surface area is 115 Å². The number of rotatable bonds is 5. The van der Waals surface area contributed by atoms with Crippen molar-refractivity contribution in [3.63, 3.8) is 0 Å². The molecular formula is C15H24N4. The highest BCUT2D eigenvalue weighted by atomic mass is 15.1. The van der Waals surface area contributed by atoms with Crippen LogP contribution in [-0.2, 0) is 6.54 Å². The summed E-state index contributed by atoms with van der Waals surface area (Å²) in [6, 6.07) is 6.50. The van der Waals surface area contributed by atoms with Crippen LogP contribution in [0.1, 0.15) is 12.2 Å². The summed E-state index contributed by atoms with van der Waals surface area (Å²) in [5.74, 6) is 1.10. The second-order valence-electron chi connectivity index (χ2n) is 5.53. The Morgan fingerprint density at radius 1 is 1.16 bits per heavy atom. The molecule has 104 valence electrons. The molecule has 2 rings (SSSR count). The van der Waals surface area contributed by atoms with Crippen LogP contribution in [0.4, 0.5) is 5.69 Å². The van der Waals surface area contributed by atoms with E-state index in [4.69, 9.17) is 0 Å². The first-order valence-corrected chi connectivity index (χ1v) is 6.78. The molecule has 0 unspecified atom stereocenters. The summed E-state index contributed by atoms with van der Waals surface area (Å²) >= 11 is 0. The van der Waals surface area contributed by atoms with Gasteiger partial charge in [0, 0.05) is 26.3 Å². The van der Waals surface area contributed by atoms with Gasteiger partial charge >= 0.3 is 0 Å². The van der Waals surface area contributed by atoms with Gasteiger partial charge in [-0.1, -0.05) is 0 Å². The molecular weight excluding hydrogens is 236 g/mol. The van der Waals surface area contributed by atoms with Crippen LogP contribution in [0.25, 0.3) is 11.0 Å². The molecule has 0 atom stereocenters. The van der Waals surface area contributed by atoms with E-state index in [2.05, 4.69) is 72.7 Å². The Hall–Kier alpha value is -1.55. The highest BCUT2D eigenvalue weighted by molar-refractivity contribution is 5.80. The summed E-state index contributed by atoms with van der Waals surface area (Å²) in [5, 5.41) is 0. The van der Waals surface area contributed by atoms with Gasteiger partial charge in [-0.25, -0.2) is 4.98 Å². The number of nitrogens with zero attached hydrogens (tertiary/aromatic N) is 4. The molecule has 0 aliphatic carbocycles. The SMILES string of the molecule is Cc1nc2cc(N(C)C)ccc2n1CCCN(C)C. The molecule has 1 aromatic heterocycles. The third kappa shape index (κ3) is 3.07. The monoisotopic (exact) mass is 260 g/mol. The summed E-state index contributed by atoms with van der Waals surface area (Å²) < 4.78 is 2.32. The summed E-state index contributed by atoms with van der Waals surface area (Å²) in [6.45, 7) is 4.22. The van der Waals surface area contributed by atoms with Crippen LogP contribution in [0.15, 0.2) is 18.2 Å². The van der Waals surface area contributed by atoms with Gasteiger partial charge in [-0.3, -0.25) is 0 Å². The molecule has 0 amide bonds. The molecule has 2 aromatic rings. The van der Waals surface area contributed by atoms with Crippen LogP contribution in [0.2, 0.25) is 0 Å². The molecule has 0 radical (unpaired) electrons. The first kappa shape index (κ1) is 13.9. The molecule has 4 heteroatoms. The molecule has 0 bridgehead atoms. The first-order valence-electron chi connectivity index (χ1n) is 6.78. The number of fused-ring (bicyclic) bond motifs is 1. The zero-order valence-corrected chi connectivity index (χ0v) is 12.6. The van der Waals surface area contributed by atoms with E-state index < -0.39 is 0 Å². The van der Waals surface area contributed by atoms with Gasteiger partial charge < -0.3 is 14.4 Å². The minimum Gasteiger partial charge on any atom is -0.378 e. The van der Waals surface area contributed by atoms with Crippen molar-refractivity contribution >= 4 is 16.7 Å². The van der Waals surface area contributed by atoms with Gasteiger partial charge in [0.15, 0.2) is 0 Å². The summed E-state index contributed by atoms with van der Waals surface area (Å²) in [4.78, 5) is 9.01. The van der Waals surface area contributed by atoms with Crippen molar-refractivity contribution in [2.45, 2.75) is 19.9 Å². The molecule has 19 heavy (non-hydrogen) atoms. The van der Waals surface area contributed by atoms with Crippen molar-refractivity contribution < 1.29 is 0 Å². The van der Waals surface area contributed by atoms with Crippen LogP contribution in [0.5, 0.6) is 0 Å². The largest absolute Gasteiger partial charge is 0.378 e. The Bertz CT molecular complexity index is 555. The average molecular weight is 260 g/mol. The van der Waals surface area contributed by atoms with E-state index in [1.54, 1.807) is 0 Å². The van der Waals surface area contributed by atoms with Crippen molar-refractivity contribution in [1.29, 1.82) is 0 Å². The Morgan fingerprint density at radius 3 is 2.53 bits per heavy atom. The molecule has 0 N–H and O–H groups in total. The number of anilines is 1. The second-order valence-corrected chi connectivity index (χ2v) is 5.53. The standard InChI is InChI=1S/C15H24N4/c1-12-16-14-11-13(18(4)5)7-8-15(14)19(12)10-6-9-17(2)3/h7-8,11H,6,9-10H2,1-5H3. The maximum Gasteiger partial charge on any atom is 0.106 e. The van der Waals surface area contributed by atoms with E-state index >= 15 is 0 Å². The molecule has 0 spiro atoms. The smallest absolute Gasteiger partial charge is 0.106 e. The molecule has 4 nitrogen and oxygen atoms in total. The third-order valence-corrected chi connectivity index (χ3v) is 3.43. The van der Waals surface area contributed by atoms with Gasteiger partial charge in [-0.05, 0) is 52.2 Å². The summed E-state index contributed by atoms with van der Waals surface area (Å²) in [5.41, 5.74) is 3.53. The molecule has 0 saturated heterocycles. The molecule has 0 aliphatic rings. The van der Waals surface area contributed by atoms with E-state index in [-0.39, 0.29) is 0 Å². The minimum atomic E-state index is 1.03. The number of aryl methyl sites for hydroxylation is 2. The fourth-order valence-electron chi connectivity index (χ4n) is 2.34. The van der Waals surface area contributed by atoms with Crippen molar-refractivity contribution in [3.8, 4) is 0 Å². The van der Waals surface area contributed by atoms with Crippen LogP contribution in [0.3, 0.4) is 0 Å². The van der Waals surface area contributed by atoms with Gasteiger partial charge in [0.05, 0.1) is 11.0 Å². The molecule has 1 heterocycles. The van der Waals surface area contributed by atoms with Crippen LogP contribution in [0, 0.1) is 6.92 Å². The fourth-order valence-corrected chi connectivity index (χ4v) is 2.34. The average Bonchev–Trinajstić information content (AvgIpc) is 2.64. The fraction of sp³-hybridized carbons (Fsp3) is 0.533. The lowest BCUT2D eigenvalue weighted by Crippen LogP contribution is -2.15. The van der Waals surface area contributed by atoms with Crippen molar-refractivity contribution in [1.82, 2.24) is 14.5 Å². The van der Waals surface area contributed by atoms with Crippen LogP contribution < -0.4 is 4.90 Å². The maximum absolute atomic E-state index is 4.68. The number of imidazole rings is 1. The van der Waals surface area contributed by atoms with E-state index in [0.717, 1.165) is 30.9 Å². The number of benzene rings is 1. The number of aromatic nitrogens is 2. The zero-order valence-electron chi connectivity index (χ0n) is 12.6. The van der Waals surface area contributed by atoms with Crippen LogP contribution >= 0.6 is 0 Å². The quantitative estimate of drug-likeness (QED) is 0.825. The minimum absolute atomic E-state index is 1.03. The Kier molecular flexibility index (Phi) is 4.10. The first-order chi connectivity index (χ1) is 8.99. The highest BCUT2D eigenvalue weighted by Crippen LogP contribution is 2.22. The second kappa shape index (κ2) is 5.61. The summed E-state index contributed by atoms with van der Waals surface area (Å²) in [6.07, 6.45) is 1.15. The highest BCUT2D eigenvalue weighted by Gasteiger charge is 2.08. The van der Waals surface area contributed by atoms with E-state index in [1.165, 1.54) is 11.2 Å². The van der Waals surface area contributed by atoms with Crippen molar-refractivity contribution in [2.24, 2.45) is 0 Å². The Morgan fingerprint density at radius 2 is 1.89 bits per heavy atom. The predicted molar refractivity (Wildman–Crippen MR) is 82.0 cm³/mol. The normalized spacial score (nSPS) is 11.5. The zero-order chi connectivity index (χ0) is 14.0. The van der Waals surface area contributed by atoms with E-state index in [0.29, 0.717) is 0 Å². The molecule has 0 aliphatic heterocycles. The maximum atomic E-state index is 4.68. The van der Waals surface area contributed by atoms with Crippen molar-refractivity contribution in [3.05, 3.63) is 24.0 Å². The van der Waals surface area contributed by atoms with Gasteiger partial charge in [0.1, 0.15) is 5.82 Å². The van der Waals surface area contributed by atoms with Gasteiger partial charge in [-0.15, -0.1) is 0 Å². The van der Waals surface area contributed by atoms with Crippen molar-refractivity contribution in [2.75, 3.05) is 39.6 Å². The molecule has 0 fully saturated rings. The van der Waals surface area contributed by atoms with Gasteiger partial charge in [0.2, 0.25) is 0 Å². The topological polar surface area (TPSA) is 24.3 Å². The lowest BCUT2D eigenvalue weighted by atomic mass is 10.2. The molecule has 0 saturated carbocycles. The van der Waals surface area contributed by atoms with Crippen LogP contribution in [-0.4, -0.2) is 49.2 Å². The van der Waals surface area contributed by atoms with E-state index in [1.807, 2.05) is 0 Å². The predicted octanol–water partition coefficient (Wildman–Crippen LogP) is 2.36.